The predicted molar refractivity (Wildman–Crippen MR) is 75.0 cm³/mol. The quantitative estimate of drug-likeness (QED) is 0.901. The normalized spacial score (nSPS) is 15.8. The standard InChI is InChI=1S/C13H13F3N2S2/c1-7-5-19-6-9(7)12-18-11(13(14,15)16)10(20-12)4-17-8-2-3-8/h5-6,8,17H,2-4H2,1H3. The van der Waals surface area contributed by atoms with Crippen LogP contribution in [0.2, 0.25) is 0 Å². The van der Waals surface area contributed by atoms with E-state index in [1.165, 1.54) is 11.3 Å². The number of rotatable bonds is 4. The molecule has 0 aromatic carbocycles. The van der Waals surface area contributed by atoms with Crippen LogP contribution >= 0.6 is 22.7 Å². The van der Waals surface area contributed by atoms with Gasteiger partial charge in [0.25, 0.3) is 0 Å². The van der Waals surface area contributed by atoms with Gasteiger partial charge in [-0.25, -0.2) is 4.98 Å². The van der Waals surface area contributed by atoms with E-state index >= 15 is 0 Å². The molecular weight excluding hydrogens is 305 g/mol. The number of halogens is 3. The van der Waals surface area contributed by atoms with E-state index in [0.717, 1.165) is 35.3 Å². The molecule has 2 aromatic rings. The number of nitrogens with one attached hydrogen (secondary N) is 1. The monoisotopic (exact) mass is 318 g/mol. The lowest BCUT2D eigenvalue weighted by atomic mass is 10.2. The Bertz CT molecular complexity index is 611. The molecule has 20 heavy (non-hydrogen) atoms. The summed E-state index contributed by atoms with van der Waals surface area (Å²) in [6, 6.07) is 0.379. The molecule has 1 saturated carbocycles. The number of aromatic nitrogens is 1. The number of aryl methyl sites for hydroxylation is 1. The van der Waals surface area contributed by atoms with Gasteiger partial charge in [-0.1, -0.05) is 0 Å². The van der Waals surface area contributed by atoms with Crippen LogP contribution < -0.4 is 5.32 Å². The Labute approximate surface area is 122 Å². The minimum absolute atomic E-state index is 0.250. The zero-order valence-electron chi connectivity index (χ0n) is 10.8. The Morgan fingerprint density at radius 2 is 2.10 bits per heavy atom. The molecule has 0 atom stereocenters. The lowest BCUT2D eigenvalue weighted by Gasteiger charge is -2.06. The highest BCUT2D eigenvalue weighted by Crippen LogP contribution is 2.39. The van der Waals surface area contributed by atoms with Crippen LogP contribution in [-0.4, -0.2) is 11.0 Å². The van der Waals surface area contributed by atoms with Crippen molar-refractivity contribution in [3.63, 3.8) is 0 Å². The average Bonchev–Trinajstić information content (AvgIpc) is 2.93. The number of thiazole rings is 1. The molecule has 1 aliphatic carbocycles. The van der Waals surface area contributed by atoms with Gasteiger partial charge in [0.1, 0.15) is 5.01 Å². The fourth-order valence-corrected chi connectivity index (χ4v) is 3.93. The van der Waals surface area contributed by atoms with Crippen molar-refractivity contribution in [2.75, 3.05) is 0 Å². The summed E-state index contributed by atoms with van der Waals surface area (Å²) in [5.41, 5.74) is 1.04. The lowest BCUT2D eigenvalue weighted by Crippen LogP contribution is -2.18. The van der Waals surface area contributed by atoms with Gasteiger partial charge in [0.2, 0.25) is 0 Å². The smallest absolute Gasteiger partial charge is 0.309 e. The first-order chi connectivity index (χ1) is 9.45. The van der Waals surface area contributed by atoms with Crippen molar-refractivity contribution in [2.24, 2.45) is 0 Å². The average molecular weight is 318 g/mol. The third-order valence-corrected chi connectivity index (χ3v) is 5.13. The zero-order chi connectivity index (χ0) is 14.3. The maximum atomic E-state index is 13.1. The lowest BCUT2D eigenvalue weighted by molar-refractivity contribution is -0.141. The molecule has 0 amide bonds. The Balaban J connectivity index is 1.94. The molecule has 0 aliphatic heterocycles. The third-order valence-electron chi connectivity index (χ3n) is 3.18. The van der Waals surface area contributed by atoms with E-state index in [1.54, 1.807) is 0 Å². The number of thiophene rings is 1. The van der Waals surface area contributed by atoms with Gasteiger partial charge in [-0.3, -0.25) is 0 Å². The second kappa shape index (κ2) is 5.13. The van der Waals surface area contributed by atoms with Gasteiger partial charge < -0.3 is 5.32 Å². The summed E-state index contributed by atoms with van der Waals surface area (Å²) in [7, 11) is 0. The van der Waals surface area contributed by atoms with E-state index in [9.17, 15) is 13.2 Å². The van der Waals surface area contributed by atoms with Crippen LogP contribution in [0.15, 0.2) is 10.8 Å². The van der Waals surface area contributed by atoms with Crippen molar-refractivity contribution in [1.29, 1.82) is 0 Å². The zero-order valence-corrected chi connectivity index (χ0v) is 12.4. The van der Waals surface area contributed by atoms with E-state index in [0.29, 0.717) is 11.0 Å². The summed E-state index contributed by atoms with van der Waals surface area (Å²) in [4.78, 5) is 4.13. The Kier molecular flexibility index (Phi) is 3.60. The number of nitrogens with zero attached hydrogens (tertiary/aromatic N) is 1. The van der Waals surface area contributed by atoms with E-state index in [4.69, 9.17) is 0 Å². The molecule has 2 nitrogen and oxygen atoms in total. The molecular formula is C13H13F3N2S2. The molecule has 1 N–H and O–H groups in total. The van der Waals surface area contributed by atoms with Gasteiger partial charge in [-0.05, 0) is 30.7 Å². The molecule has 3 rings (SSSR count). The first-order valence-corrected chi connectivity index (χ1v) is 8.04. The van der Waals surface area contributed by atoms with Crippen molar-refractivity contribution < 1.29 is 13.2 Å². The van der Waals surface area contributed by atoms with Gasteiger partial charge in [0.15, 0.2) is 5.69 Å². The molecule has 0 spiro atoms. The number of hydrogen-bond acceptors (Lipinski definition) is 4. The third kappa shape index (κ3) is 2.89. The Morgan fingerprint density at radius 3 is 2.65 bits per heavy atom. The van der Waals surface area contributed by atoms with Gasteiger partial charge in [0, 0.05) is 23.5 Å². The maximum absolute atomic E-state index is 13.1. The number of hydrogen-bond donors (Lipinski definition) is 1. The van der Waals surface area contributed by atoms with Crippen molar-refractivity contribution in [2.45, 2.75) is 38.5 Å². The van der Waals surface area contributed by atoms with Crippen LogP contribution in [0, 0.1) is 6.92 Å². The van der Waals surface area contributed by atoms with E-state index in [2.05, 4.69) is 10.3 Å². The summed E-state index contributed by atoms with van der Waals surface area (Å²) in [5, 5.41) is 7.37. The minimum Gasteiger partial charge on any atom is -0.309 e. The summed E-state index contributed by atoms with van der Waals surface area (Å²) in [6.07, 6.45) is -2.29. The van der Waals surface area contributed by atoms with Crippen LogP contribution in [0.25, 0.3) is 10.6 Å². The second-order valence-corrected chi connectivity index (χ2v) is 6.74. The first-order valence-electron chi connectivity index (χ1n) is 6.28. The molecule has 108 valence electrons. The van der Waals surface area contributed by atoms with Gasteiger partial charge in [0.05, 0.1) is 4.88 Å². The Morgan fingerprint density at radius 1 is 1.35 bits per heavy atom. The van der Waals surface area contributed by atoms with Crippen LogP contribution in [0.4, 0.5) is 13.2 Å². The molecule has 1 fully saturated rings. The summed E-state index contributed by atoms with van der Waals surface area (Å²) in [6.45, 7) is 2.14. The van der Waals surface area contributed by atoms with E-state index in [-0.39, 0.29) is 11.4 Å². The summed E-state index contributed by atoms with van der Waals surface area (Å²) < 4.78 is 39.2. The van der Waals surface area contributed by atoms with Crippen molar-refractivity contribution in [3.05, 3.63) is 26.9 Å². The summed E-state index contributed by atoms with van der Waals surface area (Å²) >= 11 is 2.62. The predicted octanol–water partition coefficient (Wildman–Crippen LogP) is 4.45. The molecule has 0 saturated heterocycles. The van der Waals surface area contributed by atoms with Crippen molar-refractivity contribution in [3.8, 4) is 10.6 Å². The molecule has 1 aliphatic rings. The maximum Gasteiger partial charge on any atom is 0.434 e. The highest BCUT2D eigenvalue weighted by atomic mass is 32.1. The van der Waals surface area contributed by atoms with Gasteiger partial charge >= 0.3 is 6.18 Å². The summed E-state index contributed by atoms with van der Waals surface area (Å²) in [5.74, 6) is 0. The van der Waals surface area contributed by atoms with Crippen molar-refractivity contribution in [1.82, 2.24) is 10.3 Å². The minimum atomic E-state index is -4.39. The molecule has 0 bridgehead atoms. The topological polar surface area (TPSA) is 24.9 Å². The van der Waals surface area contributed by atoms with Crippen LogP contribution in [0.1, 0.15) is 29.0 Å². The Hall–Kier alpha value is -0.920. The second-order valence-electron chi connectivity index (χ2n) is 4.91. The molecule has 2 heterocycles. The number of alkyl halides is 3. The van der Waals surface area contributed by atoms with Crippen LogP contribution in [0.3, 0.4) is 0 Å². The fourth-order valence-electron chi connectivity index (χ4n) is 1.91. The van der Waals surface area contributed by atoms with E-state index in [1.807, 2.05) is 17.7 Å². The van der Waals surface area contributed by atoms with Gasteiger partial charge in [-0.15, -0.1) is 11.3 Å². The molecule has 0 unspecified atom stereocenters. The van der Waals surface area contributed by atoms with Crippen molar-refractivity contribution >= 4 is 22.7 Å². The molecule has 2 aromatic heterocycles. The molecule has 0 radical (unpaired) electrons. The molecule has 7 heteroatoms. The van der Waals surface area contributed by atoms with E-state index < -0.39 is 11.9 Å². The highest BCUT2D eigenvalue weighted by molar-refractivity contribution is 7.15. The van der Waals surface area contributed by atoms with Crippen LogP contribution in [0.5, 0.6) is 0 Å². The van der Waals surface area contributed by atoms with Crippen LogP contribution in [-0.2, 0) is 12.7 Å². The van der Waals surface area contributed by atoms with Gasteiger partial charge in [-0.2, -0.15) is 24.5 Å². The largest absolute Gasteiger partial charge is 0.434 e. The highest BCUT2D eigenvalue weighted by Gasteiger charge is 2.38. The fraction of sp³-hybridized carbons (Fsp3) is 0.462. The SMILES string of the molecule is Cc1cscc1-c1nc(C(F)(F)F)c(CNC2CC2)s1. The first kappa shape index (κ1) is 14.0.